The molecule has 1 aromatic carbocycles. The maximum Gasteiger partial charge on any atom is 0.236 e. The lowest BCUT2D eigenvalue weighted by Gasteiger charge is -2.06. The standard InChI is InChI=1S/C22H20BrN5O2S2/c1-4-9-28-20(17-7-8-18(23)30-17)26-27-22(28)32-12-19(29)25-21-24-16(11-31-21)15-6-5-13(2)14(3)10-15/h4-8,10-11H,1,9,12H2,2-3H3,(H,24,25,29). The van der Waals surface area contributed by atoms with Crippen LogP contribution in [-0.2, 0) is 11.3 Å². The topological polar surface area (TPSA) is 85.8 Å². The molecule has 0 radical (unpaired) electrons. The van der Waals surface area contributed by atoms with E-state index in [9.17, 15) is 4.79 Å². The summed E-state index contributed by atoms with van der Waals surface area (Å²) in [4.78, 5) is 17.1. The lowest BCUT2D eigenvalue weighted by molar-refractivity contribution is -0.113. The number of furan rings is 1. The van der Waals surface area contributed by atoms with Crippen LogP contribution in [0.3, 0.4) is 0 Å². The number of benzene rings is 1. The zero-order valence-corrected chi connectivity index (χ0v) is 20.7. The first kappa shape index (κ1) is 22.5. The van der Waals surface area contributed by atoms with Gasteiger partial charge in [-0.05, 0) is 59.1 Å². The van der Waals surface area contributed by atoms with Gasteiger partial charge in [0.15, 0.2) is 20.7 Å². The molecule has 3 heterocycles. The summed E-state index contributed by atoms with van der Waals surface area (Å²) in [5.74, 6) is 1.18. The summed E-state index contributed by atoms with van der Waals surface area (Å²) in [6.45, 7) is 8.44. The minimum Gasteiger partial charge on any atom is -0.446 e. The van der Waals surface area contributed by atoms with E-state index in [1.807, 2.05) is 22.1 Å². The summed E-state index contributed by atoms with van der Waals surface area (Å²) in [6, 6.07) is 9.83. The Balaban J connectivity index is 1.41. The van der Waals surface area contributed by atoms with E-state index in [1.54, 1.807) is 12.1 Å². The fourth-order valence-electron chi connectivity index (χ4n) is 2.96. The van der Waals surface area contributed by atoms with Crippen molar-refractivity contribution in [2.45, 2.75) is 25.5 Å². The maximum atomic E-state index is 12.5. The monoisotopic (exact) mass is 529 g/mol. The number of thioether (sulfide) groups is 1. The number of thiazole rings is 1. The second-order valence-corrected chi connectivity index (χ2v) is 9.57. The molecule has 0 aliphatic carbocycles. The number of nitrogens with one attached hydrogen (secondary N) is 1. The van der Waals surface area contributed by atoms with Gasteiger partial charge in [0, 0.05) is 17.5 Å². The number of hydrogen-bond donors (Lipinski definition) is 1. The van der Waals surface area contributed by atoms with Crippen molar-refractivity contribution in [2.24, 2.45) is 0 Å². The average Bonchev–Trinajstić information content (AvgIpc) is 3.49. The molecule has 10 heteroatoms. The van der Waals surface area contributed by atoms with Crippen molar-refractivity contribution in [1.82, 2.24) is 19.7 Å². The quantitative estimate of drug-likeness (QED) is 0.224. The molecule has 0 aliphatic rings. The number of rotatable bonds is 8. The van der Waals surface area contributed by atoms with Gasteiger partial charge < -0.3 is 9.73 Å². The van der Waals surface area contributed by atoms with Crippen molar-refractivity contribution >= 4 is 50.1 Å². The van der Waals surface area contributed by atoms with Crippen molar-refractivity contribution in [3.05, 3.63) is 64.2 Å². The van der Waals surface area contributed by atoms with Gasteiger partial charge in [-0.2, -0.15) is 0 Å². The van der Waals surface area contributed by atoms with Gasteiger partial charge >= 0.3 is 0 Å². The summed E-state index contributed by atoms with van der Waals surface area (Å²) in [7, 11) is 0. The van der Waals surface area contributed by atoms with Crippen molar-refractivity contribution in [2.75, 3.05) is 11.1 Å². The Morgan fingerprint density at radius 3 is 2.84 bits per heavy atom. The van der Waals surface area contributed by atoms with Crippen molar-refractivity contribution in [3.63, 3.8) is 0 Å². The van der Waals surface area contributed by atoms with Crippen LogP contribution >= 0.6 is 39.0 Å². The lowest BCUT2D eigenvalue weighted by atomic mass is 10.1. The normalized spacial score (nSPS) is 11.0. The highest BCUT2D eigenvalue weighted by Gasteiger charge is 2.18. The van der Waals surface area contributed by atoms with Gasteiger partial charge in [-0.1, -0.05) is 30.0 Å². The molecule has 4 aromatic rings. The number of hydrogen-bond acceptors (Lipinski definition) is 7. The van der Waals surface area contributed by atoms with Crippen LogP contribution in [0.15, 0.2) is 62.6 Å². The molecule has 3 aromatic heterocycles. The number of nitrogens with zero attached hydrogens (tertiary/aromatic N) is 4. The molecule has 0 bridgehead atoms. The maximum absolute atomic E-state index is 12.5. The highest BCUT2D eigenvalue weighted by Crippen LogP contribution is 2.29. The third-order valence-electron chi connectivity index (χ3n) is 4.71. The second-order valence-electron chi connectivity index (χ2n) is 6.98. The zero-order chi connectivity index (χ0) is 22.7. The van der Waals surface area contributed by atoms with Crippen molar-refractivity contribution in [1.29, 1.82) is 0 Å². The fraction of sp³-hybridized carbons (Fsp3) is 0.182. The number of amides is 1. The number of aromatic nitrogens is 4. The third kappa shape index (κ3) is 5.03. The summed E-state index contributed by atoms with van der Waals surface area (Å²) in [5, 5.41) is 14.4. The predicted octanol–water partition coefficient (Wildman–Crippen LogP) is 5.96. The Morgan fingerprint density at radius 2 is 2.12 bits per heavy atom. The van der Waals surface area contributed by atoms with Crippen LogP contribution in [0, 0.1) is 13.8 Å². The fourth-order valence-corrected chi connectivity index (χ4v) is 4.75. The molecule has 0 atom stereocenters. The van der Waals surface area contributed by atoms with E-state index < -0.39 is 0 Å². The molecular formula is C22H20BrN5O2S2. The van der Waals surface area contributed by atoms with Crippen LogP contribution in [-0.4, -0.2) is 31.4 Å². The SMILES string of the molecule is C=CCn1c(SCC(=O)Nc2nc(-c3ccc(C)c(C)c3)cs2)nnc1-c1ccc(Br)o1. The third-order valence-corrected chi connectivity index (χ3v) is 6.86. The molecule has 0 aliphatic heterocycles. The number of allylic oxidation sites excluding steroid dienone is 1. The van der Waals surface area contributed by atoms with E-state index >= 15 is 0 Å². The van der Waals surface area contributed by atoms with E-state index in [2.05, 4.69) is 69.0 Å². The van der Waals surface area contributed by atoms with Gasteiger partial charge in [0.2, 0.25) is 11.7 Å². The van der Waals surface area contributed by atoms with Crippen molar-refractivity contribution in [3.8, 4) is 22.8 Å². The molecule has 4 rings (SSSR count). The van der Waals surface area contributed by atoms with E-state index in [1.165, 1.54) is 34.2 Å². The Morgan fingerprint density at radius 1 is 1.28 bits per heavy atom. The van der Waals surface area contributed by atoms with E-state index in [-0.39, 0.29) is 11.7 Å². The molecule has 1 amide bonds. The van der Waals surface area contributed by atoms with Gasteiger partial charge in [0.25, 0.3) is 0 Å². The van der Waals surface area contributed by atoms with Crippen LogP contribution in [0.1, 0.15) is 11.1 Å². The van der Waals surface area contributed by atoms with Gasteiger partial charge in [0.05, 0.1) is 11.4 Å². The highest BCUT2D eigenvalue weighted by molar-refractivity contribution is 9.10. The van der Waals surface area contributed by atoms with E-state index in [4.69, 9.17) is 4.42 Å². The lowest BCUT2D eigenvalue weighted by Crippen LogP contribution is -2.14. The number of carbonyl (C=O) groups excluding carboxylic acids is 1. The molecule has 0 saturated heterocycles. The molecular weight excluding hydrogens is 510 g/mol. The highest BCUT2D eigenvalue weighted by atomic mass is 79.9. The minimum atomic E-state index is -0.161. The number of anilines is 1. The summed E-state index contributed by atoms with van der Waals surface area (Å²) in [6.07, 6.45) is 1.75. The summed E-state index contributed by atoms with van der Waals surface area (Å²) >= 11 is 6.00. The largest absolute Gasteiger partial charge is 0.446 e. The van der Waals surface area contributed by atoms with Crippen LogP contribution in [0.2, 0.25) is 0 Å². The Hall–Kier alpha value is -2.69. The Bertz CT molecular complexity index is 1280. The number of aryl methyl sites for hydroxylation is 2. The van der Waals surface area contributed by atoms with Crippen LogP contribution in [0.5, 0.6) is 0 Å². The predicted molar refractivity (Wildman–Crippen MR) is 132 cm³/mol. The Labute approximate surface area is 202 Å². The molecule has 0 saturated carbocycles. The average molecular weight is 530 g/mol. The molecule has 1 N–H and O–H groups in total. The first-order chi connectivity index (χ1) is 15.4. The molecule has 0 fully saturated rings. The van der Waals surface area contributed by atoms with Crippen LogP contribution in [0.25, 0.3) is 22.8 Å². The molecule has 32 heavy (non-hydrogen) atoms. The van der Waals surface area contributed by atoms with Crippen LogP contribution in [0.4, 0.5) is 5.13 Å². The number of carbonyl (C=O) groups is 1. The van der Waals surface area contributed by atoms with Gasteiger partial charge in [-0.15, -0.1) is 28.1 Å². The van der Waals surface area contributed by atoms with E-state index in [0.29, 0.717) is 33.1 Å². The van der Waals surface area contributed by atoms with Gasteiger partial charge in [-0.3, -0.25) is 9.36 Å². The molecule has 164 valence electrons. The first-order valence-electron chi connectivity index (χ1n) is 9.70. The second kappa shape index (κ2) is 9.85. The van der Waals surface area contributed by atoms with Crippen LogP contribution < -0.4 is 5.32 Å². The molecule has 0 spiro atoms. The number of halogens is 1. The molecule has 7 nitrogen and oxygen atoms in total. The van der Waals surface area contributed by atoms with E-state index in [0.717, 1.165) is 11.3 Å². The first-order valence-corrected chi connectivity index (χ1v) is 12.4. The van der Waals surface area contributed by atoms with Gasteiger partial charge in [-0.25, -0.2) is 4.98 Å². The van der Waals surface area contributed by atoms with Gasteiger partial charge in [0.1, 0.15) is 0 Å². The smallest absolute Gasteiger partial charge is 0.236 e. The van der Waals surface area contributed by atoms with Crippen molar-refractivity contribution < 1.29 is 9.21 Å². The molecule has 0 unspecified atom stereocenters. The summed E-state index contributed by atoms with van der Waals surface area (Å²) < 4.78 is 8.06. The minimum absolute atomic E-state index is 0.161. The zero-order valence-electron chi connectivity index (χ0n) is 17.5. The Kier molecular flexibility index (Phi) is 6.92. The summed E-state index contributed by atoms with van der Waals surface area (Å²) in [5.41, 5.74) is 4.33.